The van der Waals surface area contributed by atoms with Gasteiger partial charge in [-0.15, -0.1) is 0 Å². The predicted octanol–water partition coefficient (Wildman–Crippen LogP) is 0.562. The lowest BCUT2D eigenvalue weighted by atomic mass is 10.9. The van der Waals surface area contributed by atoms with Gasteiger partial charge < -0.3 is 9.16 Å². The Morgan fingerprint density at radius 2 is 2.12 bits per heavy atom. The Bertz CT molecular complexity index is 49.7. The number of ether oxygens (including phenoxy) is 1. The van der Waals surface area contributed by atoms with E-state index in [0.29, 0.717) is 0 Å². The molecule has 0 aromatic heterocycles. The van der Waals surface area contributed by atoms with Crippen molar-refractivity contribution in [1.29, 1.82) is 0 Å². The molecule has 0 spiro atoms. The van der Waals surface area contributed by atoms with Crippen LogP contribution in [0.25, 0.3) is 0 Å². The average molecular weight is 134 g/mol. The van der Waals surface area contributed by atoms with E-state index in [9.17, 15) is 0 Å². The molecule has 1 unspecified atom stereocenters. The third-order valence-corrected chi connectivity index (χ3v) is 2.47. The molecule has 0 bridgehead atoms. The third kappa shape index (κ3) is 4.30. The summed E-state index contributed by atoms with van der Waals surface area (Å²) in [5.41, 5.74) is 0. The Balaban J connectivity index is 2.86. The maximum Gasteiger partial charge on any atom is 0.198 e. The van der Waals surface area contributed by atoms with E-state index in [1.165, 1.54) is 0 Å². The normalized spacial score (nSPS) is 13.9. The first-order chi connectivity index (χ1) is 3.81. The molecule has 8 heavy (non-hydrogen) atoms. The van der Waals surface area contributed by atoms with Crippen LogP contribution in [0.4, 0.5) is 0 Å². The summed E-state index contributed by atoms with van der Waals surface area (Å²) in [7, 11) is 0.825. The van der Waals surface area contributed by atoms with Crippen molar-refractivity contribution in [1.82, 2.24) is 0 Å². The van der Waals surface area contributed by atoms with Crippen molar-refractivity contribution in [3.05, 3.63) is 0 Å². The third-order valence-electron chi connectivity index (χ3n) is 0.959. The van der Waals surface area contributed by atoms with Gasteiger partial charge in [-0.2, -0.15) is 0 Å². The largest absolute Gasteiger partial charge is 0.421 e. The highest BCUT2D eigenvalue weighted by Gasteiger charge is 1.98. The number of hydrogen-bond acceptors (Lipinski definition) is 2. The van der Waals surface area contributed by atoms with Gasteiger partial charge in [0.2, 0.25) is 0 Å². The monoisotopic (exact) mass is 134 g/mol. The molecule has 0 saturated carbocycles. The Morgan fingerprint density at radius 3 is 2.50 bits per heavy atom. The minimum atomic E-state index is -0.921. The van der Waals surface area contributed by atoms with Crippen LogP contribution in [0.15, 0.2) is 0 Å². The predicted molar refractivity (Wildman–Crippen MR) is 36.5 cm³/mol. The van der Waals surface area contributed by atoms with E-state index in [2.05, 4.69) is 6.55 Å². The molecule has 0 fully saturated rings. The molecule has 50 valence electrons. The Kier molecular flexibility index (Phi) is 5.37. The molecule has 1 atom stereocenters. The zero-order valence-corrected chi connectivity index (χ0v) is 6.96. The molecule has 0 aliphatic rings. The van der Waals surface area contributed by atoms with Crippen molar-refractivity contribution in [2.24, 2.45) is 0 Å². The van der Waals surface area contributed by atoms with Crippen LogP contribution in [0.2, 0.25) is 6.55 Å². The minimum Gasteiger partial charge on any atom is -0.421 e. The van der Waals surface area contributed by atoms with Gasteiger partial charge in [-0.25, -0.2) is 0 Å². The summed E-state index contributed by atoms with van der Waals surface area (Å²) in [6.45, 7) is 4.92. The molecule has 2 nitrogen and oxygen atoms in total. The first kappa shape index (κ1) is 8.14. The second kappa shape index (κ2) is 5.28. The van der Waals surface area contributed by atoms with Gasteiger partial charge in [-0.3, -0.25) is 0 Å². The summed E-state index contributed by atoms with van der Waals surface area (Å²) < 4.78 is 10.2. The number of rotatable bonds is 4. The van der Waals surface area contributed by atoms with E-state index in [-0.39, 0.29) is 0 Å². The highest BCUT2D eigenvalue weighted by Crippen LogP contribution is 1.82. The lowest BCUT2D eigenvalue weighted by Gasteiger charge is -2.05. The van der Waals surface area contributed by atoms with Gasteiger partial charge in [0, 0.05) is 13.7 Å². The average Bonchev–Trinajstić information content (AvgIpc) is 1.83. The lowest BCUT2D eigenvalue weighted by molar-refractivity contribution is 0.178. The molecular formula is C5H14O2Si. The van der Waals surface area contributed by atoms with Crippen LogP contribution in [-0.2, 0) is 9.16 Å². The van der Waals surface area contributed by atoms with Crippen LogP contribution in [-0.4, -0.2) is 29.0 Å². The molecule has 0 aromatic carbocycles. The summed E-state index contributed by atoms with van der Waals surface area (Å²) in [5.74, 6) is 0. The standard InChI is InChI=1S/C5H14O2Si/c1-4-7-5-8(3)6-2/h8H,4-5H2,1-3H3. The molecule has 0 aliphatic heterocycles. The van der Waals surface area contributed by atoms with Crippen LogP contribution in [0.5, 0.6) is 0 Å². The molecule has 3 heteroatoms. The fraction of sp³-hybridized carbons (Fsp3) is 1.00. The van der Waals surface area contributed by atoms with Gasteiger partial charge in [-0.1, -0.05) is 0 Å². The van der Waals surface area contributed by atoms with E-state index in [0.717, 1.165) is 12.8 Å². The van der Waals surface area contributed by atoms with Crippen LogP contribution < -0.4 is 0 Å². The summed E-state index contributed by atoms with van der Waals surface area (Å²) >= 11 is 0. The van der Waals surface area contributed by atoms with Gasteiger partial charge in [0.05, 0.1) is 6.23 Å². The molecule has 0 aromatic rings. The maximum atomic E-state index is 5.12. The van der Waals surface area contributed by atoms with Gasteiger partial charge in [0.1, 0.15) is 0 Å². The van der Waals surface area contributed by atoms with Crippen LogP contribution in [0.3, 0.4) is 0 Å². The van der Waals surface area contributed by atoms with Crippen molar-refractivity contribution < 1.29 is 9.16 Å². The van der Waals surface area contributed by atoms with Gasteiger partial charge in [0.25, 0.3) is 0 Å². The maximum absolute atomic E-state index is 5.12. The van der Waals surface area contributed by atoms with Crippen LogP contribution >= 0.6 is 0 Å². The fourth-order valence-corrected chi connectivity index (χ4v) is 1.06. The van der Waals surface area contributed by atoms with E-state index in [1.54, 1.807) is 7.11 Å². The van der Waals surface area contributed by atoms with Crippen molar-refractivity contribution in [3.63, 3.8) is 0 Å². The highest BCUT2D eigenvalue weighted by atomic mass is 28.3. The SMILES string of the molecule is CCOC[SiH](C)OC. The Hall–Kier alpha value is 0.137. The van der Waals surface area contributed by atoms with E-state index < -0.39 is 9.04 Å². The second-order valence-electron chi connectivity index (χ2n) is 1.71. The van der Waals surface area contributed by atoms with Crippen molar-refractivity contribution in [3.8, 4) is 0 Å². The molecule has 0 aliphatic carbocycles. The van der Waals surface area contributed by atoms with Gasteiger partial charge in [-0.05, 0) is 13.5 Å². The van der Waals surface area contributed by atoms with Crippen LogP contribution in [0, 0.1) is 0 Å². The van der Waals surface area contributed by atoms with Crippen molar-refractivity contribution in [2.75, 3.05) is 19.9 Å². The van der Waals surface area contributed by atoms with Crippen molar-refractivity contribution in [2.45, 2.75) is 13.5 Å². The molecule has 0 N–H and O–H groups in total. The van der Waals surface area contributed by atoms with E-state index >= 15 is 0 Å². The lowest BCUT2D eigenvalue weighted by Crippen LogP contribution is -2.18. The minimum absolute atomic E-state index is 0.806. The van der Waals surface area contributed by atoms with Gasteiger partial charge in [0.15, 0.2) is 9.04 Å². The molecule has 0 radical (unpaired) electrons. The quantitative estimate of drug-likeness (QED) is 0.523. The number of hydrogen-bond donors (Lipinski definition) is 0. The molecule has 0 heterocycles. The second-order valence-corrected chi connectivity index (χ2v) is 4.13. The smallest absolute Gasteiger partial charge is 0.198 e. The van der Waals surface area contributed by atoms with Crippen molar-refractivity contribution >= 4 is 9.04 Å². The Labute approximate surface area is 52.5 Å². The summed E-state index contributed by atoms with van der Waals surface area (Å²) in [4.78, 5) is 0. The topological polar surface area (TPSA) is 18.5 Å². The zero-order chi connectivity index (χ0) is 6.41. The Morgan fingerprint density at radius 1 is 1.50 bits per heavy atom. The van der Waals surface area contributed by atoms with Gasteiger partial charge >= 0.3 is 0 Å². The molecule has 0 saturated heterocycles. The fourth-order valence-electron chi connectivity index (χ4n) is 0.352. The first-order valence-electron chi connectivity index (χ1n) is 2.91. The van der Waals surface area contributed by atoms with Crippen LogP contribution in [0.1, 0.15) is 6.92 Å². The first-order valence-corrected chi connectivity index (χ1v) is 5.36. The summed E-state index contributed by atoms with van der Waals surface area (Å²) in [6.07, 6.45) is 0.840. The summed E-state index contributed by atoms with van der Waals surface area (Å²) in [5, 5.41) is 0. The zero-order valence-electron chi connectivity index (χ0n) is 5.81. The molecular weight excluding hydrogens is 120 g/mol. The summed E-state index contributed by atoms with van der Waals surface area (Å²) in [6, 6.07) is 0. The van der Waals surface area contributed by atoms with E-state index in [1.807, 2.05) is 6.92 Å². The molecule has 0 amide bonds. The highest BCUT2D eigenvalue weighted by molar-refractivity contribution is 6.49. The molecule has 0 rings (SSSR count). The van der Waals surface area contributed by atoms with E-state index in [4.69, 9.17) is 9.16 Å².